The highest BCUT2D eigenvalue weighted by Gasteiger charge is 2.51. The summed E-state index contributed by atoms with van der Waals surface area (Å²) in [4.78, 5) is 0. The van der Waals surface area contributed by atoms with Gasteiger partial charge in [-0.3, -0.25) is 0 Å². The lowest BCUT2D eigenvalue weighted by Crippen LogP contribution is -2.59. The first-order valence-electron chi connectivity index (χ1n) is 10.6. The molecule has 1 heterocycles. The van der Waals surface area contributed by atoms with E-state index in [0.29, 0.717) is 11.8 Å². The van der Waals surface area contributed by atoms with Crippen molar-refractivity contribution in [3.05, 3.63) is 47.0 Å². The summed E-state index contributed by atoms with van der Waals surface area (Å²) in [7, 11) is 1.69. The van der Waals surface area contributed by atoms with E-state index < -0.39 is 0 Å². The first kappa shape index (κ1) is 17.9. The van der Waals surface area contributed by atoms with Gasteiger partial charge in [-0.15, -0.1) is 0 Å². The van der Waals surface area contributed by atoms with Crippen LogP contribution in [0.4, 0.5) is 11.4 Å². The number of aryl methyl sites for hydroxylation is 1. The van der Waals surface area contributed by atoms with Gasteiger partial charge < -0.3 is 20.5 Å². The number of hydrogen-bond donors (Lipinski definition) is 3. The van der Waals surface area contributed by atoms with Gasteiger partial charge in [-0.05, 0) is 80.0 Å². The van der Waals surface area contributed by atoms with Crippen LogP contribution >= 0.6 is 0 Å². The molecule has 28 heavy (non-hydrogen) atoms. The average Bonchev–Trinajstić information content (AvgIpc) is 2.71. The van der Waals surface area contributed by atoms with Crippen LogP contribution in [0.5, 0.6) is 11.5 Å². The topological polar surface area (TPSA) is 53.5 Å². The molecule has 1 aliphatic heterocycles. The van der Waals surface area contributed by atoms with Crippen LogP contribution in [0.15, 0.2) is 30.3 Å². The number of nitrogens with one attached hydrogen (secondary N) is 2. The van der Waals surface area contributed by atoms with Gasteiger partial charge in [0, 0.05) is 23.2 Å². The van der Waals surface area contributed by atoms with Crippen molar-refractivity contribution in [3.63, 3.8) is 0 Å². The number of benzene rings is 2. The standard InChI is InChI=1S/C24H30N2O2/c1-15-6-7-17(13-23(15)28-2)26-21-12-16-11-20-18-5-3-4-8-24(18,9-10-25-20)19(16)14-22(21)27/h6-7,12-14,18,20,25-27H,3-5,8-11H2,1-2H3/t18-,20+,24+/m1/s1. The third kappa shape index (κ3) is 2.69. The van der Waals surface area contributed by atoms with Gasteiger partial charge >= 0.3 is 0 Å². The molecular weight excluding hydrogens is 348 g/mol. The van der Waals surface area contributed by atoms with Crippen molar-refractivity contribution < 1.29 is 9.84 Å². The third-order valence-corrected chi connectivity index (χ3v) is 7.45. The first-order chi connectivity index (χ1) is 13.6. The van der Waals surface area contributed by atoms with Gasteiger partial charge in [0.15, 0.2) is 0 Å². The van der Waals surface area contributed by atoms with E-state index in [4.69, 9.17) is 4.74 Å². The van der Waals surface area contributed by atoms with E-state index >= 15 is 0 Å². The van der Waals surface area contributed by atoms with Crippen molar-refractivity contribution in [1.82, 2.24) is 5.32 Å². The van der Waals surface area contributed by atoms with Crippen LogP contribution in [0.1, 0.15) is 48.8 Å². The summed E-state index contributed by atoms with van der Waals surface area (Å²) in [5.74, 6) is 1.93. The highest BCUT2D eigenvalue weighted by Crippen LogP contribution is 2.55. The molecule has 3 N–H and O–H groups in total. The van der Waals surface area contributed by atoms with Gasteiger partial charge in [0.2, 0.25) is 0 Å². The molecule has 0 amide bonds. The molecule has 0 aromatic heterocycles. The fraction of sp³-hybridized carbons (Fsp3) is 0.500. The molecule has 1 saturated carbocycles. The van der Waals surface area contributed by atoms with Crippen LogP contribution in [0, 0.1) is 12.8 Å². The maximum absolute atomic E-state index is 10.9. The molecule has 3 atom stereocenters. The van der Waals surface area contributed by atoms with E-state index in [9.17, 15) is 5.11 Å². The smallest absolute Gasteiger partial charge is 0.139 e. The van der Waals surface area contributed by atoms with Crippen LogP contribution in [0.3, 0.4) is 0 Å². The minimum absolute atomic E-state index is 0.269. The molecule has 0 radical (unpaired) electrons. The molecule has 2 aliphatic carbocycles. The molecule has 0 spiro atoms. The Balaban J connectivity index is 1.53. The monoisotopic (exact) mass is 378 g/mol. The van der Waals surface area contributed by atoms with E-state index in [0.717, 1.165) is 41.6 Å². The van der Waals surface area contributed by atoms with Gasteiger partial charge in [-0.25, -0.2) is 0 Å². The zero-order chi connectivity index (χ0) is 19.3. The fourth-order valence-electron chi connectivity index (χ4n) is 6.13. The van der Waals surface area contributed by atoms with E-state index in [-0.39, 0.29) is 5.41 Å². The summed E-state index contributed by atoms with van der Waals surface area (Å²) in [5, 5.41) is 18.1. The summed E-state index contributed by atoms with van der Waals surface area (Å²) < 4.78 is 5.44. The number of aromatic hydroxyl groups is 1. The third-order valence-electron chi connectivity index (χ3n) is 7.45. The molecule has 4 heteroatoms. The van der Waals surface area contributed by atoms with Crippen LogP contribution in [0.25, 0.3) is 0 Å². The van der Waals surface area contributed by atoms with Gasteiger partial charge in [-0.1, -0.05) is 18.9 Å². The molecule has 2 aromatic rings. The normalized spacial score (nSPS) is 28.2. The van der Waals surface area contributed by atoms with Crippen molar-refractivity contribution in [2.24, 2.45) is 5.92 Å². The Morgan fingerprint density at radius 2 is 2.07 bits per heavy atom. The summed E-state index contributed by atoms with van der Waals surface area (Å²) >= 11 is 0. The maximum Gasteiger partial charge on any atom is 0.139 e. The number of hydrogen-bond acceptors (Lipinski definition) is 4. The van der Waals surface area contributed by atoms with E-state index in [2.05, 4.69) is 22.8 Å². The lowest BCUT2D eigenvalue weighted by Gasteiger charge is -2.56. The predicted octanol–water partition coefficient (Wildman–Crippen LogP) is 4.80. The molecule has 2 bridgehead atoms. The first-order valence-corrected chi connectivity index (χ1v) is 10.6. The van der Waals surface area contributed by atoms with Crippen molar-refractivity contribution in [1.29, 1.82) is 0 Å². The van der Waals surface area contributed by atoms with Crippen molar-refractivity contribution >= 4 is 11.4 Å². The number of fused-ring (bicyclic) bond motifs is 1. The highest BCUT2D eigenvalue weighted by molar-refractivity contribution is 5.70. The molecule has 3 aliphatic rings. The second-order valence-electron chi connectivity index (χ2n) is 8.86. The Hall–Kier alpha value is -2.20. The Bertz CT molecular complexity index is 906. The van der Waals surface area contributed by atoms with Crippen LogP contribution in [0.2, 0.25) is 0 Å². The zero-order valence-electron chi connectivity index (χ0n) is 16.8. The van der Waals surface area contributed by atoms with Gasteiger partial charge in [-0.2, -0.15) is 0 Å². The number of phenolic OH excluding ortho intramolecular Hbond substituents is 1. The van der Waals surface area contributed by atoms with Gasteiger partial charge in [0.1, 0.15) is 11.5 Å². The van der Waals surface area contributed by atoms with Gasteiger partial charge in [0.25, 0.3) is 0 Å². The van der Waals surface area contributed by atoms with E-state index in [1.807, 2.05) is 25.1 Å². The SMILES string of the molecule is COc1cc(Nc2cc3c(cc2O)[C@]24CCCC[C@@H]2[C@H](C3)NCC4)ccc1C. The highest BCUT2D eigenvalue weighted by atomic mass is 16.5. The quantitative estimate of drug-likeness (QED) is 0.672. The summed E-state index contributed by atoms with van der Waals surface area (Å²) in [6.07, 6.45) is 7.51. The number of piperidine rings is 1. The second kappa shape index (κ2) is 6.70. The average molecular weight is 379 g/mol. The summed E-state index contributed by atoms with van der Waals surface area (Å²) in [5.41, 5.74) is 5.90. The Morgan fingerprint density at radius 3 is 2.93 bits per heavy atom. The lowest BCUT2D eigenvalue weighted by molar-refractivity contribution is 0.0796. The van der Waals surface area contributed by atoms with Crippen molar-refractivity contribution in [2.45, 2.75) is 56.9 Å². The molecule has 1 saturated heterocycles. The number of anilines is 2. The molecule has 2 aromatic carbocycles. The Morgan fingerprint density at radius 1 is 1.18 bits per heavy atom. The maximum atomic E-state index is 10.9. The van der Waals surface area contributed by atoms with E-state index in [1.165, 1.54) is 43.2 Å². The lowest BCUT2D eigenvalue weighted by atomic mass is 9.53. The summed E-state index contributed by atoms with van der Waals surface area (Å²) in [6.45, 7) is 3.13. The van der Waals surface area contributed by atoms with Crippen molar-refractivity contribution in [3.8, 4) is 11.5 Å². The minimum atomic E-state index is 0.269. The van der Waals surface area contributed by atoms with Crippen molar-refractivity contribution in [2.75, 3.05) is 19.0 Å². The fourth-order valence-corrected chi connectivity index (χ4v) is 6.13. The molecule has 4 nitrogen and oxygen atoms in total. The molecule has 148 valence electrons. The van der Waals surface area contributed by atoms with Crippen LogP contribution < -0.4 is 15.4 Å². The summed E-state index contributed by atoms with van der Waals surface area (Å²) in [6, 6.07) is 10.9. The van der Waals surface area contributed by atoms with E-state index in [1.54, 1.807) is 7.11 Å². The number of rotatable bonds is 3. The largest absolute Gasteiger partial charge is 0.506 e. The molecule has 0 unspecified atom stereocenters. The predicted molar refractivity (Wildman–Crippen MR) is 113 cm³/mol. The minimum Gasteiger partial charge on any atom is -0.506 e. The second-order valence-corrected chi connectivity index (χ2v) is 8.86. The van der Waals surface area contributed by atoms with Crippen LogP contribution in [-0.2, 0) is 11.8 Å². The van der Waals surface area contributed by atoms with Gasteiger partial charge in [0.05, 0.1) is 12.8 Å². The number of phenols is 1. The number of methoxy groups -OCH3 is 1. The van der Waals surface area contributed by atoms with Crippen LogP contribution in [-0.4, -0.2) is 24.8 Å². The number of ether oxygens (including phenoxy) is 1. The molecular formula is C24H30N2O2. The molecule has 5 rings (SSSR count). The Kier molecular flexibility index (Phi) is 4.27. The zero-order valence-corrected chi connectivity index (χ0v) is 16.8. The Labute approximate surface area is 167 Å². The molecule has 2 fully saturated rings.